The molecule has 0 heterocycles. The van der Waals surface area contributed by atoms with Gasteiger partial charge in [0.15, 0.2) is 0 Å². The van der Waals surface area contributed by atoms with Gasteiger partial charge in [-0.05, 0) is 12.5 Å². The molecule has 3 N–H and O–H groups in total. The van der Waals surface area contributed by atoms with E-state index in [0.717, 1.165) is 0 Å². The van der Waals surface area contributed by atoms with E-state index in [1.54, 1.807) is 6.07 Å². The lowest BCUT2D eigenvalue weighted by Crippen LogP contribution is -2.43. The van der Waals surface area contributed by atoms with Gasteiger partial charge in [0.1, 0.15) is 6.04 Å². The monoisotopic (exact) mass is 296 g/mol. The Morgan fingerprint density at radius 3 is 2.62 bits per heavy atom. The Bertz CT molecular complexity index is 545. The summed E-state index contributed by atoms with van der Waals surface area (Å²) in [5.74, 6) is -2.56. The molecule has 0 saturated heterocycles. The molecule has 0 spiro atoms. The molecular formula is C13H16N2O6. The van der Waals surface area contributed by atoms with Gasteiger partial charge < -0.3 is 15.5 Å². The number of nitrogens with one attached hydrogen (secondary N) is 1. The molecule has 8 heteroatoms. The van der Waals surface area contributed by atoms with Gasteiger partial charge in [0.2, 0.25) is 5.91 Å². The molecule has 114 valence electrons. The van der Waals surface area contributed by atoms with Crippen LogP contribution in [-0.2, 0) is 9.59 Å². The minimum Gasteiger partial charge on any atom is -0.480 e. The van der Waals surface area contributed by atoms with E-state index < -0.39 is 28.8 Å². The first kappa shape index (κ1) is 16.6. The van der Waals surface area contributed by atoms with Crippen molar-refractivity contribution >= 4 is 17.6 Å². The van der Waals surface area contributed by atoms with Crippen LogP contribution < -0.4 is 5.32 Å². The van der Waals surface area contributed by atoms with E-state index in [1.807, 2.05) is 0 Å². The molecule has 8 nitrogen and oxygen atoms in total. The topological polar surface area (TPSA) is 130 Å². The third-order valence-corrected chi connectivity index (χ3v) is 3.01. The second-order valence-corrected chi connectivity index (χ2v) is 4.49. The highest BCUT2D eigenvalue weighted by Gasteiger charge is 2.24. The van der Waals surface area contributed by atoms with Gasteiger partial charge in [-0.1, -0.05) is 12.1 Å². The molecule has 0 saturated carbocycles. The molecule has 0 bridgehead atoms. The Kier molecular flexibility index (Phi) is 5.79. The highest BCUT2D eigenvalue weighted by atomic mass is 16.6. The fourth-order valence-electron chi connectivity index (χ4n) is 1.74. The lowest BCUT2D eigenvalue weighted by molar-refractivity contribution is -0.384. The number of benzene rings is 1. The van der Waals surface area contributed by atoms with Crippen molar-refractivity contribution in [2.45, 2.75) is 25.3 Å². The van der Waals surface area contributed by atoms with E-state index in [4.69, 9.17) is 10.2 Å². The number of rotatable bonds is 7. The van der Waals surface area contributed by atoms with E-state index in [9.17, 15) is 19.7 Å². The molecular weight excluding hydrogens is 280 g/mol. The number of carboxylic acid groups (broad SMARTS) is 1. The zero-order chi connectivity index (χ0) is 16.0. The lowest BCUT2D eigenvalue weighted by Gasteiger charge is -2.17. The number of aliphatic hydroxyl groups is 1. The maximum Gasteiger partial charge on any atom is 0.326 e. The molecule has 2 unspecified atom stereocenters. The number of carbonyl (C=O) groups is 2. The zero-order valence-electron chi connectivity index (χ0n) is 11.4. The number of hydrogen-bond acceptors (Lipinski definition) is 5. The van der Waals surface area contributed by atoms with Crippen molar-refractivity contribution in [1.82, 2.24) is 5.32 Å². The summed E-state index contributed by atoms with van der Waals surface area (Å²) in [6, 6.07) is 4.40. The number of aliphatic hydroxyl groups excluding tert-OH is 1. The zero-order valence-corrected chi connectivity index (χ0v) is 11.4. The van der Waals surface area contributed by atoms with Gasteiger partial charge in [-0.25, -0.2) is 4.79 Å². The maximum atomic E-state index is 12.0. The van der Waals surface area contributed by atoms with Crippen molar-refractivity contribution in [1.29, 1.82) is 0 Å². The molecule has 1 amide bonds. The third-order valence-electron chi connectivity index (χ3n) is 3.01. The normalized spacial score (nSPS) is 13.2. The average molecular weight is 296 g/mol. The van der Waals surface area contributed by atoms with Gasteiger partial charge in [0.25, 0.3) is 5.69 Å². The molecule has 1 aromatic carbocycles. The Morgan fingerprint density at radius 1 is 1.43 bits per heavy atom. The van der Waals surface area contributed by atoms with Gasteiger partial charge in [-0.15, -0.1) is 0 Å². The highest BCUT2D eigenvalue weighted by Crippen LogP contribution is 2.21. The third kappa shape index (κ3) is 4.53. The summed E-state index contributed by atoms with van der Waals surface area (Å²) < 4.78 is 0. The van der Waals surface area contributed by atoms with Gasteiger partial charge >= 0.3 is 5.97 Å². The number of nitrogens with zero attached hydrogens (tertiary/aromatic N) is 1. The summed E-state index contributed by atoms with van der Waals surface area (Å²) in [6.07, 6.45) is -0.108. The van der Waals surface area contributed by atoms with Crippen LogP contribution in [-0.4, -0.2) is 39.7 Å². The molecule has 0 aliphatic rings. The largest absolute Gasteiger partial charge is 0.480 e. The van der Waals surface area contributed by atoms with Crippen LogP contribution >= 0.6 is 0 Å². The van der Waals surface area contributed by atoms with Crippen molar-refractivity contribution in [3.63, 3.8) is 0 Å². The average Bonchev–Trinajstić information content (AvgIpc) is 2.45. The Hall–Kier alpha value is -2.48. The van der Waals surface area contributed by atoms with Crippen LogP contribution in [0.5, 0.6) is 0 Å². The van der Waals surface area contributed by atoms with Crippen LogP contribution in [0.25, 0.3) is 0 Å². The molecule has 2 atom stereocenters. The second kappa shape index (κ2) is 7.34. The van der Waals surface area contributed by atoms with Crippen LogP contribution in [0.15, 0.2) is 24.3 Å². The summed E-state index contributed by atoms with van der Waals surface area (Å²) in [7, 11) is 0. The van der Waals surface area contributed by atoms with Gasteiger partial charge in [0.05, 0.1) is 10.8 Å². The molecule has 1 rings (SSSR count). The maximum absolute atomic E-state index is 12.0. The van der Waals surface area contributed by atoms with Gasteiger partial charge in [-0.3, -0.25) is 14.9 Å². The van der Waals surface area contributed by atoms with E-state index in [2.05, 4.69) is 5.32 Å². The van der Waals surface area contributed by atoms with Gasteiger partial charge in [0, 0.05) is 25.2 Å². The van der Waals surface area contributed by atoms with Crippen molar-refractivity contribution in [3.05, 3.63) is 39.9 Å². The van der Waals surface area contributed by atoms with Crippen LogP contribution in [0, 0.1) is 10.1 Å². The number of hydrogen-bond donors (Lipinski definition) is 3. The summed E-state index contributed by atoms with van der Waals surface area (Å²) >= 11 is 0. The van der Waals surface area contributed by atoms with Crippen molar-refractivity contribution in [2.75, 3.05) is 6.61 Å². The van der Waals surface area contributed by atoms with Crippen LogP contribution in [0.2, 0.25) is 0 Å². The predicted octanol–water partition coefficient (Wildman–Crippen LogP) is 0.650. The summed E-state index contributed by atoms with van der Waals surface area (Å²) in [4.78, 5) is 33.0. The van der Waals surface area contributed by atoms with E-state index in [1.165, 1.54) is 25.1 Å². The van der Waals surface area contributed by atoms with E-state index in [0.29, 0.717) is 5.56 Å². The standard InChI is InChI=1S/C13H16N2O6/c1-8(9-3-2-4-10(7-9)15(20)21)12(17)14-11(5-6-16)13(18)19/h2-4,7-8,11,16H,5-6H2,1H3,(H,14,17)(H,18,19). The Labute approximate surface area is 120 Å². The molecule has 21 heavy (non-hydrogen) atoms. The van der Waals surface area contributed by atoms with Crippen molar-refractivity contribution in [3.8, 4) is 0 Å². The first-order valence-electron chi connectivity index (χ1n) is 6.25. The van der Waals surface area contributed by atoms with E-state index in [-0.39, 0.29) is 18.7 Å². The predicted molar refractivity (Wildman–Crippen MR) is 72.8 cm³/mol. The lowest BCUT2D eigenvalue weighted by atomic mass is 9.99. The Morgan fingerprint density at radius 2 is 2.10 bits per heavy atom. The number of aliphatic carboxylic acids is 1. The SMILES string of the molecule is CC(C(=O)NC(CCO)C(=O)O)c1cccc([N+](=O)[O-])c1. The number of carbonyl (C=O) groups excluding carboxylic acids is 1. The van der Waals surface area contributed by atoms with Crippen molar-refractivity contribution in [2.24, 2.45) is 0 Å². The highest BCUT2D eigenvalue weighted by molar-refractivity contribution is 5.87. The minimum absolute atomic E-state index is 0.108. The smallest absolute Gasteiger partial charge is 0.326 e. The number of nitro benzene ring substituents is 1. The first-order valence-corrected chi connectivity index (χ1v) is 6.25. The minimum atomic E-state index is -1.25. The fourth-order valence-corrected chi connectivity index (χ4v) is 1.74. The number of carboxylic acids is 1. The quantitative estimate of drug-likeness (QED) is 0.500. The van der Waals surface area contributed by atoms with Crippen LogP contribution in [0.4, 0.5) is 5.69 Å². The fraction of sp³-hybridized carbons (Fsp3) is 0.385. The molecule has 1 aromatic rings. The molecule has 0 aliphatic heterocycles. The van der Waals surface area contributed by atoms with Crippen LogP contribution in [0.3, 0.4) is 0 Å². The Balaban J connectivity index is 2.84. The number of amides is 1. The number of nitro groups is 1. The summed E-state index contributed by atoms with van der Waals surface area (Å²) in [5.41, 5.74) is 0.270. The molecule has 0 aliphatic carbocycles. The van der Waals surface area contributed by atoms with E-state index >= 15 is 0 Å². The number of non-ortho nitro benzene ring substituents is 1. The summed E-state index contributed by atoms with van der Waals surface area (Å²) in [6.45, 7) is 1.15. The molecule has 0 fully saturated rings. The summed E-state index contributed by atoms with van der Waals surface area (Å²) in [5, 5.41) is 30.7. The van der Waals surface area contributed by atoms with Crippen LogP contribution in [0.1, 0.15) is 24.8 Å². The molecule has 0 radical (unpaired) electrons. The first-order chi connectivity index (χ1) is 9.86. The molecule has 0 aromatic heterocycles. The van der Waals surface area contributed by atoms with Crippen molar-refractivity contribution < 1.29 is 24.7 Å². The second-order valence-electron chi connectivity index (χ2n) is 4.49. The van der Waals surface area contributed by atoms with Gasteiger partial charge in [-0.2, -0.15) is 0 Å².